The van der Waals surface area contributed by atoms with E-state index in [1.54, 1.807) is 12.1 Å². The Morgan fingerprint density at radius 3 is 2.35 bits per heavy atom. The minimum absolute atomic E-state index is 0.217. The largest absolute Gasteiger partial charge is 0.493 e. The molecule has 0 aromatic heterocycles. The number of carbonyl (C=O) groups excluding carboxylic acids is 1. The number of hydrazine groups is 1. The summed E-state index contributed by atoms with van der Waals surface area (Å²) in [5.41, 5.74) is 9.56. The van der Waals surface area contributed by atoms with Crippen LogP contribution in [0.2, 0.25) is 0 Å². The number of nitrogen functional groups attached to an aromatic ring is 1. The lowest BCUT2D eigenvalue weighted by molar-refractivity contribution is 0.0750. The molecule has 2 rings (SSSR count). The molecule has 1 aliphatic heterocycles. The molecule has 20 heavy (non-hydrogen) atoms. The summed E-state index contributed by atoms with van der Waals surface area (Å²) < 4.78 is 10.4. The number of nitrogens with one attached hydrogen (secondary N) is 1. The van der Waals surface area contributed by atoms with E-state index in [1.165, 1.54) is 20.6 Å². The molecule has 0 unspecified atom stereocenters. The second-order valence-corrected chi connectivity index (χ2v) is 4.78. The van der Waals surface area contributed by atoms with Crippen molar-refractivity contribution in [2.24, 2.45) is 0 Å². The number of hydrogen-bond acceptors (Lipinski definition) is 5. The highest BCUT2D eigenvalue weighted by Crippen LogP contribution is 2.31. The summed E-state index contributed by atoms with van der Waals surface area (Å²) in [6.45, 7) is 1.75. The lowest BCUT2D eigenvalue weighted by Crippen LogP contribution is -2.45. The van der Waals surface area contributed by atoms with Crippen LogP contribution < -0.4 is 20.6 Å². The Morgan fingerprint density at radius 1 is 1.15 bits per heavy atom. The van der Waals surface area contributed by atoms with Crippen molar-refractivity contribution in [1.82, 2.24) is 10.4 Å². The zero-order valence-electron chi connectivity index (χ0n) is 11.9. The third-order valence-corrected chi connectivity index (χ3v) is 3.42. The molecule has 6 nitrogen and oxygen atoms in total. The summed E-state index contributed by atoms with van der Waals surface area (Å²) in [4.78, 5) is 12.3. The molecule has 0 atom stereocenters. The first-order valence-electron chi connectivity index (χ1n) is 6.73. The smallest absolute Gasteiger partial charge is 0.267 e. The number of piperidine rings is 1. The molecule has 1 saturated heterocycles. The molecular formula is C14H21N3O3. The number of nitrogens with zero attached hydrogens (tertiary/aromatic N) is 1. The van der Waals surface area contributed by atoms with E-state index in [4.69, 9.17) is 15.2 Å². The highest BCUT2D eigenvalue weighted by Gasteiger charge is 2.18. The van der Waals surface area contributed by atoms with E-state index < -0.39 is 0 Å². The fourth-order valence-corrected chi connectivity index (χ4v) is 2.30. The summed E-state index contributed by atoms with van der Waals surface area (Å²) in [6, 6.07) is 3.21. The van der Waals surface area contributed by atoms with Gasteiger partial charge in [-0.15, -0.1) is 0 Å². The van der Waals surface area contributed by atoms with Crippen molar-refractivity contribution in [3.8, 4) is 11.5 Å². The summed E-state index contributed by atoms with van der Waals surface area (Å²) in [6.07, 6.45) is 3.41. The standard InChI is InChI=1S/C14H21N3O3/c1-19-12-8-10(11(15)9-13(12)20-2)14(18)16-17-6-4-3-5-7-17/h8-9H,3-7,15H2,1-2H3,(H,16,18). The number of ether oxygens (including phenoxy) is 2. The highest BCUT2D eigenvalue weighted by molar-refractivity contribution is 5.99. The van der Waals surface area contributed by atoms with Crippen molar-refractivity contribution in [2.75, 3.05) is 33.0 Å². The summed E-state index contributed by atoms with van der Waals surface area (Å²) in [7, 11) is 3.06. The highest BCUT2D eigenvalue weighted by atomic mass is 16.5. The maximum absolute atomic E-state index is 12.3. The van der Waals surface area contributed by atoms with Gasteiger partial charge in [-0.1, -0.05) is 6.42 Å². The van der Waals surface area contributed by atoms with Crippen LogP contribution in [0.1, 0.15) is 29.6 Å². The van der Waals surface area contributed by atoms with Gasteiger partial charge in [0, 0.05) is 24.8 Å². The topological polar surface area (TPSA) is 76.8 Å². The van der Waals surface area contributed by atoms with Gasteiger partial charge in [-0.2, -0.15) is 0 Å². The van der Waals surface area contributed by atoms with Gasteiger partial charge in [0.2, 0.25) is 0 Å². The first kappa shape index (κ1) is 14.5. The number of carbonyl (C=O) groups is 1. The average molecular weight is 279 g/mol. The van der Waals surface area contributed by atoms with Gasteiger partial charge in [-0.05, 0) is 18.9 Å². The van der Waals surface area contributed by atoms with Crippen LogP contribution in [0.15, 0.2) is 12.1 Å². The van der Waals surface area contributed by atoms with Crippen molar-refractivity contribution in [3.63, 3.8) is 0 Å². The van der Waals surface area contributed by atoms with Crippen molar-refractivity contribution < 1.29 is 14.3 Å². The molecule has 110 valence electrons. The van der Waals surface area contributed by atoms with Crippen molar-refractivity contribution in [2.45, 2.75) is 19.3 Å². The van der Waals surface area contributed by atoms with Crippen molar-refractivity contribution in [1.29, 1.82) is 0 Å². The van der Waals surface area contributed by atoms with Crippen LogP contribution in [0.3, 0.4) is 0 Å². The van der Waals surface area contributed by atoms with Gasteiger partial charge in [0.15, 0.2) is 11.5 Å². The lowest BCUT2D eigenvalue weighted by atomic mass is 10.1. The zero-order chi connectivity index (χ0) is 14.5. The van der Waals surface area contributed by atoms with Gasteiger partial charge in [0.05, 0.1) is 19.8 Å². The number of rotatable bonds is 4. The fourth-order valence-electron chi connectivity index (χ4n) is 2.30. The Balaban J connectivity index is 2.16. The molecule has 6 heteroatoms. The van der Waals surface area contributed by atoms with E-state index in [2.05, 4.69) is 5.43 Å². The molecule has 1 heterocycles. The molecule has 1 aliphatic rings. The molecule has 1 aromatic carbocycles. The van der Waals surface area contributed by atoms with Gasteiger partial charge in [-0.3, -0.25) is 10.2 Å². The van der Waals surface area contributed by atoms with Gasteiger partial charge in [0.25, 0.3) is 5.91 Å². The van der Waals surface area contributed by atoms with E-state index >= 15 is 0 Å². The molecule has 0 aliphatic carbocycles. The zero-order valence-corrected chi connectivity index (χ0v) is 11.9. The second kappa shape index (κ2) is 6.47. The van der Waals surface area contributed by atoms with E-state index in [1.807, 2.05) is 5.01 Å². The minimum Gasteiger partial charge on any atom is -0.493 e. The Hall–Kier alpha value is -1.95. The van der Waals surface area contributed by atoms with Crippen LogP contribution >= 0.6 is 0 Å². The van der Waals surface area contributed by atoms with E-state index in [0.29, 0.717) is 22.7 Å². The van der Waals surface area contributed by atoms with Crippen molar-refractivity contribution >= 4 is 11.6 Å². The number of methoxy groups -OCH3 is 2. The van der Waals surface area contributed by atoms with Crippen molar-refractivity contribution in [3.05, 3.63) is 17.7 Å². The number of anilines is 1. The molecule has 3 N–H and O–H groups in total. The second-order valence-electron chi connectivity index (χ2n) is 4.78. The first-order chi connectivity index (χ1) is 9.65. The summed E-state index contributed by atoms with van der Waals surface area (Å²) >= 11 is 0. The molecule has 0 spiro atoms. The fraction of sp³-hybridized carbons (Fsp3) is 0.500. The van der Waals surface area contributed by atoms with Crippen LogP contribution in [0.25, 0.3) is 0 Å². The molecule has 0 bridgehead atoms. The van der Waals surface area contributed by atoms with Crippen LogP contribution in [-0.2, 0) is 0 Å². The van der Waals surface area contributed by atoms with E-state index in [-0.39, 0.29) is 5.91 Å². The van der Waals surface area contributed by atoms with Gasteiger partial charge < -0.3 is 15.2 Å². The Labute approximate surface area is 118 Å². The molecule has 1 fully saturated rings. The van der Waals surface area contributed by atoms with E-state index in [0.717, 1.165) is 25.9 Å². The predicted molar refractivity (Wildman–Crippen MR) is 76.8 cm³/mol. The third kappa shape index (κ3) is 3.14. The van der Waals surface area contributed by atoms with E-state index in [9.17, 15) is 4.79 Å². The van der Waals surface area contributed by atoms with Crippen LogP contribution in [-0.4, -0.2) is 38.2 Å². The third-order valence-electron chi connectivity index (χ3n) is 3.42. The van der Waals surface area contributed by atoms with Crippen LogP contribution in [0.4, 0.5) is 5.69 Å². The molecule has 0 saturated carbocycles. The molecular weight excluding hydrogens is 258 g/mol. The SMILES string of the molecule is COc1cc(N)c(C(=O)NN2CCCCC2)cc1OC. The number of amides is 1. The van der Waals surface area contributed by atoms with Gasteiger partial charge in [-0.25, -0.2) is 5.01 Å². The predicted octanol–water partition coefficient (Wildman–Crippen LogP) is 1.42. The van der Waals surface area contributed by atoms with Crippen LogP contribution in [0.5, 0.6) is 11.5 Å². The molecule has 0 radical (unpaired) electrons. The molecule has 1 aromatic rings. The number of nitrogens with two attached hydrogens (primary N) is 1. The quantitative estimate of drug-likeness (QED) is 0.815. The number of hydrogen-bond donors (Lipinski definition) is 2. The summed E-state index contributed by atoms with van der Waals surface area (Å²) in [5, 5.41) is 1.93. The Kier molecular flexibility index (Phi) is 4.68. The van der Waals surface area contributed by atoms with Gasteiger partial charge >= 0.3 is 0 Å². The minimum atomic E-state index is -0.217. The van der Waals surface area contributed by atoms with Crippen LogP contribution in [0, 0.1) is 0 Å². The number of benzene rings is 1. The maximum Gasteiger partial charge on any atom is 0.267 e. The Bertz CT molecular complexity index is 485. The average Bonchev–Trinajstić information content (AvgIpc) is 2.47. The van der Waals surface area contributed by atoms with Gasteiger partial charge in [0.1, 0.15) is 0 Å². The maximum atomic E-state index is 12.3. The monoisotopic (exact) mass is 279 g/mol. The Morgan fingerprint density at radius 2 is 1.75 bits per heavy atom. The first-order valence-corrected chi connectivity index (χ1v) is 6.73. The lowest BCUT2D eigenvalue weighted by Gasteiger charge is -2.27. The molecule has 1 amide bonds. The summed E-state index contributed by atoms with van der Waals surface area (Å²) in [5.74, 6) is 0.787. The normalized spacial score (nSPS) is 15.7.